The zero-order valence-corrected chi connectivity index (χ0v) is 11.2. The SMILES string of the molecule is CCNc1snnc1CN1CCC(C)C1CO. The van der Waals surface area contributed by atoms with Crippen molar-refractivity contribution < 1.29 is 5.11 Å². The molecule has 2 N–H and O–H groups in total. The molecule has 2 atom stereocenters. The summed E-state index contributed by atoms with van der Waals surface area (Å²) in [4.78, 5) is 2.31. The van der Waals surface area contributed by atoms with Crippen LogP contribution in [0.5, 0.6) is 0 Å². The van der Waals surface area contributed by atoms with Crippen molar-refractivity contribution in [3.63, 3.8) is 0 Å². The highest BCUT2D eigenvalue weighted by atomic mass is 32.1. The molecule has 0 aromatic carbocycles. The molecule has 5 nitrogen and oxygen atoms in total. The fourth-order valence-corrected chi connectivity index (χ4v) is 3.02. The first-order valence-electron chi connectivity index (χ1n) is 6.16. The number of rotatable bonds is 5. The second-order valence-corrected chi connectivity index (χ2v) is 5.32. The Morgan fingerprint density at radius 2 is 2.41 bits per heavy atom. The quantitative estimate of drug-likeness (QED) is 0.828. The number of aliphatic hydroxyl groups excluding tert-OH is 1. The summed E-state index contributed by atoms with van der Waals surface area (Å²) in [7, 11) is 0. The Bertz CT molecular complexity index is 357. The lowest BCUT2D eigenvalue weighted by Gasteiger charge is -2.24. The van der Waals surface area contributed by atoms with E-state index in [-0.39, 0.29) is 12.6 Å². The van der Waals surface area contributed by atoms with Crippen molar-refractivity contribution >= 4 is 16.5 Å². The summed E-state index contributed by atoms with van der Waals surface area (Å²) in [5, 5.41) is 17.9. The van der Waals surface area contributed by atoms with Crippen LogP contribution in [0.2, 0.25) is 0 Å². The minimum atomic E-state index is 0.231. The first-order valence-corrected chi connectivity index (χ1v) is 6.93. The van der Waals surface area contributed by atoms with Crippen molar-refractivity contribution in [1.29, 1.82) is 0 Å². The van der Waals surface area contributed by atoms with E-state index in [9.17, 15) is 5.11 Å². The molecule has 1 aromatic rings. The maximum Gasteiger partial charge on any atom is 0.134 e. The molecule has 0 amide bonds. The van der Waals surface area contributed by atoms with Crippen LogP contribution in [-0.2, 0) is 6.54 Å². The molecule has 96 valence electrons. The van der Waals surface area contributed by atoms with Crippen molar-refractivity contribution in [2.45, 2.75) is 32.9 Å². The Balaban J connectivity index is 2.02. The first-order chi connectivity index (χ1) is 8.26. The molecule has 0 spiro atoms. The summed E-state index contributed by atoms with van der Waals surface area (Å²) >= 11 is 1.41. The average Bonchev–Trinajstić information content (AvgIpc) is 2.88. The van der Waals surface area contributed by atoms with Crippen LogP contribution in [-0.4, -0.2) is 45.3 Å². The van der Waals surface area contributed by atoms with Gasteiger partial charge in [-0.2, -0.15) is 0 Å². The van der Waals surface area contributed by atoms with E-state index in [4.69, 9.17) is 0 Å². The van der Waals surface area contributed by atoms with Crippen molar-refractivity contribution in [3.05, 3.63) is 5.69 Å². The van der Waals surface area contributed by atoms with Gasteiger partial charge < -0.3 is 10.4 Å². The number of aliphatic hydroxyl groups is 1. The van der Waals surface area contributed by atoms with Gasteiger partial charge in [0.2, 0.25) is 0 Å². The molecule has 17 heavy (non-hydrogen) atoms. The minimum Gasteiger partial charge on any atom is -0.395 e. The predicted octanol–water partition coefficient (Wildman–Crippen LogP) is 1.17. The normalized spacial score (nSPS) is 25.4. The zero-order chi connectivity index (χ0) is 12.3. The number of nitrogens with one attached hydrogen (secondary N) is 1. The molecule has 6 heteroatoms. The summed E-state index contributed by atoms with van der Waals surface area (Å²) in [5.74, 6) is 0.564. The van der Waals surface area contributed by atoms with Gasteiger partial charge in [-0.1, -0.05) is 11.4 Å². The standard InChI is InChI=1S/C11H20N4OS/c1-3-12-11-9(13-14-17-11)6-15-5-4-8(2)10(15)7-16/h8,10,12,16H,3-7H2,1-2H3. The number of hydrogen-bond donors (Lipinski definition) is 2. The number of anilines is 1. The van der Waals surface area contributed by atoms with Crippen LogP contribution >= 0.6 is 11.5 Å². The van der Waals surface area contributed by atoms with Crippen LogP contribution in [0.1, 0.15) is 26.0 Å². The van der Waals surface area contributed by atoms with Gasteiger partial charge in [-0.15, -0.1) is 5.10 Å². The van der Waals surface area contributed by atoms with Crippen LogP contribution in [0.4, 0.5) is 5.00 Å². The second kappa shape index (κ2) is 5.75. The van der Waals surface area contributed by atoms with Crippen LogP contribution in [0.15, 0.2) is 0 Å². The van der Waals surface area contributed by atoms with Crippen molar-refractivity contribution in [2.24, 2.45) is 5.92 Å². The van der Waals surface area contributed by atoms with Crippen molar-refractivity contribution in [3.8, 4) is 0 Å². The van der Waals surface area contributed by atoms with Crippen LogP contribution in [0.3, 0.4) is 0 Å². The van der Waals surface area contributed by atoms with Gasteiger partial charge in [0, 0.05) is 30.7 Å². The summed E-state index contributed by atoms with van der Waals surface area (Å²) in [6.07, 6.45) is 1.15. The number of nitrogens with zero attached hydrogens (tertiary/aromatic N) is 3. The topological polar surface area (TPSA) is 61.3 Å². The second-order valence-electron chi connectivity index (χ2n) is 4.57. The smallest absolute Gasteiger partial charge is 0.134 e. The molecule has 2 unspecified atom stereocenters. The van der Waals surface area contributed by atoms with E-state index < -0.39 is 0 Å². The zero-order valence-electron chi connectivity index (χ0n) is 10.4. The Hall–Kier alpha value is -0.720. The Morgan fingerprint density at radius 1 is 1.59 bits per heavy atom. The highest BCUT2D eigenvalue weighted by molar-refractivity contribution is 7.10. The molecule has 1 aromatic heterocycles. The Morgan fingerprint density at radius 3 is 3.12 bits per heavy atom. The van der Waals surface area contributed by atoms with Crippen LogP contribution < -0.4 is 5.32 Å². The molecule has 2 heterocycles. The summed E-state index contributed by atoms with van der Waals surface area (Å²) < 4.78 is 3.99. The molecule has 1 aliphatic heterocycles. The Kier molecular flexibility index (Phi) is 4.31. The average molecular weight is 256 g/mol. The van der Waals surface area contributed by atoms with Gasteiger partial charge in [-0.25, -0.2) is 0 Å². The number of hydrogen-bond acceptors (Lipinski definition) is 6. The maximum atomic E-state index is 9.42. The number of likely N-dealkylation sites (tertiary alicyclic amines) is 1. The Labute approximate surface area is 106 Å². The lowest BCUT2D eigenvalue weighted by Crippen LogP contribution is -2.34. The van der Waals surface area contributed by atoms with Crippen LogP contribution in [0, 0.1) is 5.92 Å². The molecule has 0 aliphatic carbocycles. The lowest BCUT2D eigenvalue weighted by molar-refractivity contribution is 0.133. The summed E-state index contributed by atoms with van der Waals surface area (Å²) in [6, 6.07) is 0.270. The molecule has 1 fully saturated rings. The number of aromatic nitrogens is 2. The van der Waals surface area contributed by atoms with E-state index >= 15 is 0 Å². The van der Waals surface area contributed by atoms with Gasteiger partial charge in [-0.05, 0) is 25.8 Å². The monoisotopic (exact) mass is 256 g/mol. The van der Waals surface area contributed by atoms with Gasteiger partial charge in [0.25, 0.3) is 0 Å². The molecule has 2 rings (SSSR count). The third-order valence-electron chi connectivity index (χ3n) is 3.43. The fraction of sp³-hybridized carbons (Fsp3) is 0.818. The highest BCUT2D eigenvalue weighted by Gasteiger charge is 2.31. The molecule has 1 aliphatic rings. The predicted molar refractivity (Wildman–Crippen MR) is 69.1 cm³/mol. The molecule has 0 radical (unpaired) electrons. The first kappa shape index (κ1) is 12.7. The third kappa shape index (κ3) is 2.75. The van der Waals surface area contributed by atoms with Crippen LogP contribution in [0.25, 0.3) is 0 Å². The van der Waals surface area contributed by atoms with Gasteiger partial charge in [0.05, 0.1) is 6.61 Å². The van der Waals surface area contributed by atoms with E-state index in [1.807, 2.05) is 0 Å². The third-order valence-corrected chi connectivity index (χ3v) is 4.16. The van der Waals surface area contributed by atoms with Gasteiger partial charge >= 0.3 is 0 Å². The van der Waals surface area contributed by atoms with Gasteiger partial charge in [0.1, 0.15) is 10.7 Å². The molecule has 0 saturated carbocycles. The van der Waals surface area contributed by atoms with Gasteiger partial charge in [0.15, 0.2) is 0 Å². The van der Waals surface area contributed by atoms with Gasteiger partial charge in [-0.3, -0.25) is 4.90 Å². The summed E-state index contributed by atoms with van der Waals surface area (Å²) in [6.45, 7) is 7.21. The molecule has 0 bridgehead atoms. The van der Waals surface area contributed by atoms with Crippen molar-refractivity contribution in [1.82, 2.24) is 14.5 Å². The summed E-state index contributed by atoms with van der Waals surface area (Å²) in [5.41, 5.74) is 1.00. The lowest BCUT2D eigenvalue weighted by atomic mass is 10.0. The molecule has 1 saturated heterocycles. The van der Waals surface area contributed by atoms with E-state index in [0.29, 0.717) is 5.92 Å². The van der Waals surface area contributed by atoms with E-state index in [0.717, 1.165) is 36.8 Å². The maximum absolute atomic E-state index is 9.42. The molecular formula is C11H20N4OS. The fourth-order valence-electron chi connectivity index (χ4n) is 2.38. The highest BCUT2D eigenvalue weighted by Crippen LogP contribution is 2.27. The minimum absolute atomic E-state index is 0.231. The molecular weight excluding hydrogens is 236 g/mol. The largest absolute Gasteiger partial charge is 0.395 e. The van der Waals surface area contributed by atoms with E-state index in [1.165, 1.54) is 11.5 Å². The van der Waals surface area contributed by atoms with E-state index in [2.05, 4.69) is 33.7 Å². The van der Waals surface area contributed by atoms with E-state index in [1.54, 1.807) is 0 Å². The van der Waals surface area contributed by atoms with Crippen molar-refractivity contribution in [2.75, 3.05) is 25.0 Å².